The van der Waals surface area contributed by atoms with Crippen LogP contribution in [0.2, 0.25) is 0 Å². The van der Waals surface area contributed by atoms with E-state index >= 15 is 0 Å². The minimum atomic E-state index is 0.150. The first-order valence-electron chi connectivity index (χ1n) is 22.2. The first-order chi connectivity index (χ1) is 26.9. The molecule has 3 heteroatoms. The topological polar surface area (TPSA) is 6.48 Å². The van der Waals surface area contributed by atoms with Crippen molar-refractivity contribution in [2.24, 2.45) is 23.2 Å². The van der Waals surface area contributed by atoms with Crippen molar-refractivity contribution in [3.05, 3.63) is 125 Å². The predicted octanol–water partition coefficient (Wildman–Crippen LogP) is 12.7. The number of benzene rings is 5. The Morgan fingerprint density at radius 1 is 0.500 bits per heavy atom. The number of nitrogens with zero attached hydrogens (tertiary/aromatic N) is 2. The zero-order valence-electron chi connectivity index (χ0n) is 35.0. The molecule has 2 nitrogen and oxygen atoms in total. The molecular formula is C53H59BN2. The van der Waals surface area contributed by atoms with Gasteiger partial charge in [0.2, 0.25) is 0 Å². The first-order valence-corrected chi connectivity index (χ1v) is 22.2. The van der Waals surface area contributed by atoms with E-state index in [0.29, 0.717) is 29.1 Å². The SMILES string of the molecule is CC(C)c1ccc(N2c3ccc(C(C)C)cc3B3c4cc(C(C)C)ccc4N(c4ccc(C(C)C)cc4)c4cc(C56CC7CC8CC(C5)C8(C7)C6)cc2c43)cc1. The zero-order valence-corrected chi connectivity index (χ0v) is 35.0. The molecule has 4 saturated carbocycles. The fourth-order valence-corrected chi connectivity index (χ4v) is 13.3. The second kappa shape index (κ2) is 12.1. The Kier molecular flexibility index (Phi) is 7.58. The summed E-state index contributed by atoms with van der Waals surface area (Å²) in [6, 6.07) is 39.5. The summed E-state index contributed by atoms with van der Waals surface area (Å²) >= 11 is 0. The first kappa shape index (κ1) is 35.0. The number of rotatable bonds is 7. The fraction of sp³-hybridized carbons (Fsp3) is 0.434. The van der Waals surface area contributed by atoms with Crippen LogP contribution < -0.4 is 26.2 Å². The van der Waals surface area contributed by atoms with Crippen molar-refractivity contribution >= 4 is 57.2 Å². The maximum absolute atomic E-state index is 2.74. The molecule has 0 saturated heterocycles. The molecule has 5 aromatic carbocycles. The van der Waals surface area contributed by atoms with Crippen molar-refractivity contribution in [3.8, 4) is 0 Å². The molecule has 2 heterocycles. The lowest BCUT2D eigenvalue weighted by molar-refractivity contribution is -0.000159. The highest BCUT2D eigenvalue weighted by Gasteiger charge is 2.71. The third-order valence-corrected chi connectivity index (χ3v) is 16.2. The number of hydrogen-bond donors (Lipinski definition) is 0. The lowest BCUT2D eigenvalue weighted by atomic mass is 9.33. The van der Waals surface area contributed by atoms with Gasteiger partial charge in [0.1, 0.15) is 0 Å². The van der Waals surface area contributed by atoms with E-state index in [2.05, 4.69) is 162 Å². The van der Waals surface area contributed by atoms with Crippen molar-refractivity contribution in [2.45, 2.75) is 123 Å². The van der Waals surface area contributed by atoms with E-state index in [0.717, 1.165) is 17.8 Å². The Bertz CT molecular complexity index is 2250. The third kappa shape index (κ3) is 4.82. The van der Waals surface area contributed by atoms with Crippen LogP contribution in [0.15, 0.2) is 97.1 Å². The van der Waals surface area contributed by atoms with Gasteiger partial charge in [-0.3, -0.25) is 0 Å². The van der Waals surface area contributed by atoms with Gasteiger partial charge in [-0.1, -0.05) is 104 Å². The van der Waals surface area contributed by atoms with Crippen LogP contribution in [0.1, 0.15) is 145 Å². The van der Waals surface area contributed by atoms with E-state index in [1.807, 2.05) is 0 Å². The molecule has 5 aromatic rings. The second-order valence-corrected chi connectivity index (χ2v) is 20.5. The molecular weight excluding hydrogens is 675 g/mol. The molecule has 0 radical (unpaired) electrons. The molecule has 56 heavy (non-hydrogen) atoms. The number of anilines is 6. The monoisotopic (exact) mass is 734 g/mol. The molecule has 4 aliphatic carbocycles. The highest BCUT2D eigenvalue weighted by atomic mass is 15.2. The Morgan fingerprint density at radius 3 is 1.46 bits per heavy atom. The van der Waals surface area contributed by atoms with Crippen LogP contribution in [0.25, 0.3) is 0 Å². The van der Waals surface area contributed by atoms with Crippen molar-refractivity contribution in [1.82, 2.24) is 0 Å². The van der Waals surface area contributed by atoms with Gasteiger partial charge in [0.15, 0.2) is 0 Å². The standard InChI is InChI=1S/C53H59BN2/c1-31(2)36-9-15-43(16-10-36)55-47-19-13-38(33(5)6)22-45(47)54-46-23-39(34(7)8)14-20-48(46)56(44-17-11-37(12-18-44)32(3)4)50-26-40(25-49(55)51(50)54)52-27-35-21-41-24-42(29-52)53(41,28-35)30-52/h9-20,22-23,25-26,31-35,41-42H,21,24,27-30H2,1-8H3. The van der Waals surface area contributed by atoms with Gasteiger partial charge in [0, 0.05) is 34.1 Å². The van der Waals surface area contributed by atoms with E-state index in [4.69, 9.17) is 0 Å². The normalized spacial score (nSPS) is 26.3. The fourth-order valence-electron chi connectivity index (χ4n) is 13.3. The third-order valence-electron chi connectivity index (χ3n) is 16.2. The largest absolute Gasteiger partial charge is 0.311 e. The summed E-state index contributed by atoms with van der Waals surface area (Å²) in [4.78, 5) is 5.36. The van der Waals surface area contributed by atoms with Crippen molar-refractivity contribution in [1.29, 1.82) is 0 Å². The molecule has 2 aliphatic heterocycles. The maximum Gasteiger partial charge on any atom is 0.252 e. The lowest BCUT2D eigenvalue weighted by Crippen LogP contribution is -2.61. The molecule has 1 spiro atoms. The van der Waals surface area contributed by atoms with E-state index in [-0.39, 0.29) is 12.1 Å². The van der Waals surface area contributed by atoms with Crippen LogP contribution in [-0.4, -0.2) is 6.71 Å². The summed E-state index contributed by atoms with van der Waals surface area (Å²) in [6.07, 6.45) is 8.64. The van der Waals surface area contributed by atoms with Crippen molar-refractivity contribution in [3.63, 3.8) is 0 Å². The molecule has 0 amide bonds. The van der Waals surface area contributed by atoms with Gasteiger partial charge in [-0.05, 0) is 184 Å². The number of fused-ring (bicyclic) bond motifs is 6. The number of hydrogen-bond acceptors (Lipinski definition) is 2. The quantitative estimate of drug-likeness (QED) is 0.150. The van der Waals surface area contributed by atoms with E-state index in [9.17, 15) is 0 Å². The highest BCUT2D eigenvalue weighted by molar-refractivity contribution is 7.00. The minimum Gasteiger partial charge on any atom is -0.311 e. The smallest absolute Gasteiger partial charge is 0.252 e. The molecule has 5 unspecified atom stereocenters. The molecule has 0 N–H and O–H groups in total. The Labute approximate surface area is 336 Å². The van der Waals surface area contributed by atoms with Crippen LogP contribution in [0.3, 0.4) is 0 Å². The molecule has 5 atom stereocenters. The molecule has 4 fully saturated rings. The second-order valence-electron chi connectivity index (χ2n) is 20.5. The Balaban J connectivity index is 1.22. The van der Waals surface area contributed by atoms with E-state index < -0.39 is 0 Å². The summed E-state index contributed by atoms with van der Waals surface area (Å²) in [6.45, 7) is 18.8. The molecule has 0 aromatic heterocycles. The summed E-state index contributed by atoms with van der Waals surface area (Å²) in [5.41, 5.74) is 20.5. The summed E-state index contributed by atoms with van der Waals surface area (Å²) in [7, 11) is 0. The minimum absolute atomic E-state index is 0.150. The molecule has 11 rings (SSSR count). The van der Waals surface area contributed by atoms with Crippen molar-refractivity contribution < 1.29 is 0 Å². The van der Waals surface area contributed by atoms with Crippen LogP contribution in [0.4, 0.5) is 34.1 Å². The molecule has 3 bridgehead atoms. The Hall–Kier alpha value is -4.24. The van der Waals surface area contributed by atoms with Gasteiger partial charge in [-0.15, -0.1) is 0 Å². The predicted molar refractivity (Wildman–Crippen MR) is 239 cm³/mol. The van der Waals surface area contributed by atoms with Gasteiger partial charge < -0.3 is 9.80 Å². The summed E-state index contributed by atoms with van der Waals surface area (Å²) in [5, 5.41) is 0. The van der Waals surface area contributed by atoms with Crippen LogP contribution in [-0.2, 0) is 5.41 Å². The molecule has 6 aliphatic rings. The van der Waals surface area contributed by atoms with Gasteiger partial charge >= 0.3 is 0 Å². The average Bonchev–Trinajstić information content (AvgIpc) is 3.51. The van der Waals surface area contributed by atoms with Gasteiger partial charge in [0.05, 0.1) is 0 Å². The summed E-state index contributed by atoms with van der Waals surface area (Å²) in [5.74, 6) is 4.69. The van der Waals surface area contributed by atoms with Crippen molar-refractivity contribution in [2.75, 3.05) is 9.80 Å². The average molecular weight is 735 g/mol. The highest BCUT2D eigenvalue weighted by Crippen LogP contribution is 2.79. The van der Waals surface area contributed by atoms with Crippen LogP contribution >= 0.6 is 0 Å². The zero-order chi connectivity index (χ0) is 38.4. The van der Waals surface area contributed by atoms with Gasteiger partial charge in [-0.25, -0.2) is 0 Å². The van der Waals surface area contributed by atoms with Gasteiger partial charge in [0.25, 0.3) is 6.71 Å². The van der Waals surface area contributed by atoms with Gasteiger partial charge in [-0.2, -0.15) is 0 Å². The Morgan fingerprint density at radius 2 is 0.982 bits per heavy atom. The van der Waals surface area contributed by atoms with E-state index in [1.54, 1.807) is 5.56 Å². The van der Waals surface area contributed by atoms with Crippen LogP contribution in [0, 0.1) is 23.2 Å². The van der Waals surface area contributed by atoms with E-state index in [1.165, 1.54) is 111 Å². The summed E-state index contributed by atoms with van der Waals surface area (Å²) < 4.78 is 0. The van der Waals surface area contributed by atoms with Crippen LogP contribution in [0.5, 0.6) is 0 Å². The lowest BCUT2D eigenvalue weighted by Gasteiger charge is -2.49. The molecule has 284 valence electrons. The maximum atomic E-state index is 2.74.